The highest BCUT2D eigenvalue weighted by molar-refractivity contribution is 14.1. The molecule has 3 heterocycles. The van der Waals surface area contributed by atoms with Crippen molar-refractivity contribution >= 4 is 51.2 Å². The topological polar surface area (TPSA) is 43.1 Å². The van der Waals surface area contributed by atoms with E-state index in [1.165, 1.54) is 2.88 Å². The number of thiophene rings is 1. The van der Waals surface area contributed by atoms with Crippen molar-refractivity contribution in [3.8, 4) is 11.4 Å². The molecule has 0 aliphatic carbocycles. The van der Waals surface area contributed by atoms with Crippen molar-refractivity contribution in [1.29, 1.82) is 0 Å². The van der Waals surface area contributed by atoms with E-state index in [9.17, 15) is 0 Å². The average Bonchev–Trinajstić information content (AvgIpc) is 2.84. The van der Waals surface area contributed by atoms with Gasteiger partial charge in [-0.2, -0.15) is 0 Å². The Bertz CT molecular complexity index is 662. The van der Waals surface area contributed by atoms with Gasteiger partial charge >= 0.3 is 0 Å². The number of hydrogen-bond donors (Lipinski definition) is 0. The van der Waals surface area contributed by atoms with E-state index in [0.29, 0.717) is 10.8 Å². The van der Waals surface area contributed by atoms with Gasteiger partial charge in [-0.25, -0.2) is 0 Å². The Morgan fingerprint density at radius 2 is 2.19 bits per heavy atom. The van der Waals surface area contributed by atoms with E-state index in [-0.39, 0.29) is 0 Å². The van der Waals surface area contributed by atoms with Crippen LogP contribution in [-0.2, 0) is 0 Å². The van der Waals surface area contributed by atoms with E-state index in [1.54, 1.807) is 28.1 Å². The van der Waals surface area contributed by atoms with Gasteiger partial charge in [-0.05, 0) is 28.7 Å². The highest BCUT2D eigenvalue weighted by atomic mass is 127. The van der Waals surface area contributed by atoms with Crippen molar-refractivity contribution in [1.82, 2.24) is 19.6 Å². The lowest BCUT2D eigenvalue weighted by Crippen LogP contribution is -1.91. The van der Waals surface area contributed by atoms with E-state index >= 15 is 0 Å². The number of aromatic nitrogens is 4. The number of fused-ring (bicyclic) bond motifs is 1. The fourth-order valence-corrected chi connectivity index (χ4v) is 2.98. The Balaban J connectivity index is 2.32. The van der Waals surface area contributed by atoms with Gasteiger partial charge in [0.2, 0.25) is 0 Å². The molecule has 0 aromatic carbocycles. The molecule has 0 radical (unpaired) electrons. The Labute approximate surface area is 113 Å². The first-order chi connectivity index (χ1) is 7.75. The molecule has 0 amide bonds. The third-order valence-corrected chi connectivity index (χ3v) is 4.15. The van der Waals surface area contributed by atoms with Crippen LogP contribution >= 0.6 is 45.5 Å². The van der Waals surface area contributed by atoms with Crippen LogP contribution in [0.3, 0.4) is 0 Å². The van der Waals surface area contributed by atoms with Crippen LogP contribution < -0.4 is 0 Å². The van der Waals surface area contributed by atoms with E-state index < -0.39 is 0 Å². The Morgan fingerprint density at radius 1 is 1.31 bits per heavy atom. The Morgan fingerprint density at radius 3 is 2.94 bits per heavy atom. The largest absolute Gasteiger partial charge is 0.262 e. The van der Waals surface area contributed by atoms with Gasteiger partial charge in [-0.3, -0.25) is 9.38 Å². The van der Waals surface area contributed by atoms with Crippen LogP contribution in [-0.4, -0.2) is 19.6 Å². The number of halogens is 2. The number of hydrogen-bond acceptors (Lipinski definition) is 4. The third kappa shape index (κ3) is 1.61. The molecule has 0 atom stereocenters. The van der Waals surface area contributed by atoms with Crippen LogP contribution in [0, 0.1) is 2.88 Å². The van der Waals surface area contributed by atoms with Gasteiger partial charge in [0.1, 0.15) is 5.15 Å². The third-order valence-electron chi connectivity index (χ3n) is 2.10. The summed E-state index contributed by atoms with van der Waals surface area (Å²) in [4.78, 5) is 3.97. The maximum absolute atomic E-state index is 6.08. The second kappa shape index (κ2) is 3.94. The normalized spacial score (nSPS) is 11.1. The van der Waals surface area contributed by atoms with Crippen LogP contribution in [0.25, 0.3) is 17.0 Å². The summed E-state index contributed by atoms with van der Waals surface area (Å²) >= 11 is 10.0. The standard InChI is InChI=1S/C9H4ClIN4S/c10-6-2-12-3-8-13-14-9(15(6)8)5-1-7(11)16-4-5/h1-4H. The van der Waals surface area contributed by atoms with Gasteiger partial charge in [0.25, 0.3) is 0 Å². The molecule has 0 aliphatic heterocycles. The van der Waals surface area contributed by atoms with Gasteiger partial charge in [0, 0.05) is 10.9 Å². The van der Waals surface area contributed by atoms with Gasteiger partial charge in [-0.15, -0.1) is 21.5 Å². The predicted molar refractivity (Wildman–Crippen MR) is 71.8 cm³/mol. The van der Waals surface area contributed by atoms with Crippen molar-refractivity contribution < 1.29 is 0 Å². The van der Waals surface area contributed by atoms with Crippen molar-refractivity contribution in [3.05, 3.63) is 31.9 Å². The molecule has 0 spiro atoms. The average molecular weight is 363 g/mol. The second-order valence-electron chi connectivity index (χ2n) is 3.09. The van der Waals surface area contributed by atoms with E-state index in [0.717, 1.165) is 11.4 Å². The Hall–Kier alpha value is -0.730. The second-order valence-corrected chi connectivity index (χ2v) is 6.28. The van der Waals surface area contributed by atoms with Crippen LogP contribution in [0.5, 0.6) is 0 Å². The van der Waals surface area contributed by atoms with Gasteiger partial charge in [0.15, 0.2) is 11.5 Å². The smallest absolute Gasteiger partial charge is 0.180 e. The molecule has 4 nitrogen and oxygen atoms in total. The van der Waals surface area contributed by atoms with Crippen LogP contribution in [0.4, 0.5) is 0 Å². The molecule has 0 saturated heterocycles. The predicted octanol–water partition coefficient (Wildman–Crippen LogP) is 3.11. The summed E-state index contributed by atoms with van der Waals surface area (Å²) in [6.07, 6.45) is 3.22. The zero-order chi connectivity index (χ0) is 11.1. The van der Waals surface area contributed by atoms with Crippen LogP contribution in [0.15, 0.2) is 23.8 Å². The first-order valence-corrected chi connectivity index (χ1v) is 6.68. The maximum Gasteiger partial charge on any atom is 0.180 e. The summed E-state index contributed by atoms with van der Waals surface area (Å²) in [6, 6.07) is 2.05. The SMILES string of the molecule is Clc1cncc2nnc(-c3csc(I)c3)n12. The lowest BCUT2D eigenvalue weighted by molar-refractivity contribution is 1.11. The summed E-state index contributed by atoms with van der Waals surface area (Å²) in [5, 5.41) is 10.7. The molecule has 0 aliphatic rings. The van der Waals surface area contributed by atoms with Gasteiger partial charge in [-0.1, -0.05) is 11.6 Å². The number of rotatable bonds is 1. The van der Waals surface area contributed by atoms with Crippen molar-refractivity contribution in [3.63, 3.8) is 0 Å². The molecule has 3 rings (SSSR count). The summed E-state index contributed by atoms with van der Waals surface area (Å²) in [5.74, 6) is 0.751. The minimum absolute atomic E-state index is 0.513. The molecule has 0 fully saturated rings. The fraction of sp³-hybridized carbons (Fsp3) is 0. The van der Waals surface area contributed by atoms with Gasteiger partial charge in [0.05, 0.1) is 15.3 Å². The summed E-state index contributed by atoms with van der Waals surface area (Å²) < 4.78 is 2.99. The maximum atomic E-state index is 6.08. The minimum Gasteiger partial charge on any atom is -0.262 e. The van der Waals surface area contributed by atoms with Crippen molar-refractivity contribution in [2.24, 2.45) is 0 Å². The summed E-state index contributed by atoms with van der Waals surface area (Å²) in [5.41, 5.74) is 1.68. The zero-order valence-electron chi connectivity index (χ0n) is 7.76. The lowest BCUT2D eigenvalue weighted by Gasteiger charge is -1.98. The highest BCUT2D eigenvalue weighted by Crippen LogP contribution is 2.27. The summed E-state index contributed by atoms with van der Waals surface area (Å²) in [7, 11) is 0. The zero-order valence-corrected chi connectivity index (χ0v) is 11.5. The van der Waals surface area contributed by atoms with Crippen LogP contribution in [0.2, 0.25) is 5.15 Å². The van der Waals surface area contributed by atoms with Gasteiger partial charge < -0.3 is 0 Å². The molecule has 80 valence electrons. The first kappa shape index (κ1) is 10.4. The summed E-state index contributed by atoms with van der Waals surface area (Å²) in [6.45, 7) is 0. The molecule has 16 heavy (non-hydrogen) atoms. The molecule has 3 aromatic heterocycles. The fourth-order valence-electron chi connectivity index (χ4n) is 1.43. The minimum atomic E-state index is 0.513. The van der Waals surface area contributed by atoms with E-state index in [2.05, 4.69) is 43.8 Å². The van der Waals surface area contributed by atoms with E-state index in [1.807, 2.05) is 5.38 Å². The Kier molecular flexibility index (Phi) is 2.56. The molecular weight excluding hydrogens is 359 g/mol. The van der Waals surface area contributed by atoms with Crippen molar-refractivity contribution in [2.75, 3.05) is 0 Å². The molecule has 0 unspecified atom stereocenters. The molecule has 0 N–H and O–H groups in total. The van der Waals surface area contributed by atoms with Crippen molar-refractivity contribution in [2.45, 2.75) is 0 Å². The first-order valence-electron chi connectivity index (χ1n) is 4.35. The molecular formula is C9H4ClIN4S. The van der Waals surface area contributed by atoms with E-state index in [4.69, 9.17) is 11.6 Å². The molecule has 0 saturated carbocycles. The van der Waals surface area contributed by atoms with Crippen LogP contribution in [0.1, 0.15) is 0 Å². The molecule has 7 heteroatoms. The highest BCUT2D eigenvalue weighted by Gasteiger charge is 2.11. The quantitative estimate of drug-likeness (QED) is 0.625. The lowest BCUT2D eigenvalue weighted by atomic mass is 10.3. The number of nitrogens with zero attached hydrogens (tertiary/aromatic N) is 4. The molecule has 0 bridgehead atoms. The molecule has 3 aromatic rings. The monoisotopic (exact) mass is 362 g/mol.